The second-order valence-electron chi connectivity index (χ2n) is 8.91. The third-order valence-electron chi connectivity index (χ3n) is 6.38. The third-order valence-corrected chi connectivity index (χ3v) is 19.0. The summed E-state index contributed by atoms with van der Waals surface area (Å²) in [5, 5.41) is 1.09. The number of benzene rings is 1. The molecule has 0 aliphatic rings. The minimum absolute atomic E-state index is 0.102. The second-order valence-corrected chi connectivity index (χ2v) is 20.5. The van der Waals surface area contributed by atoms with Gasteiger partial charge in [0.25, 0.3) is 0 Å². The molecule has 3 aromatic rings. The fourth-order valence-corrected chi connectivity index (χ4v) is 17.5. The van der Waals surface area contributed by atoms with Gasteiger partial charge in [0.1, 0.15) is 0 Å². The summed E-state index contributed by atoms with van der Waals surface area (Å²) >= 11 is -3.05. The molecule has 5 heteroatoms. The van der Waals surface area contributed by atoms with Gasteiger partial charge < -0.3 is 0 Å². The van der Waals surface area contributed by atoms with Crippen LogP contribution in [0.1, 0.15) is 75.3 Å². The van der Waals surface area contributed by atoms with Crippen molar-refractivity contribution in [2.24, 2.45) is 0 Å². The Bertz CT molecular complexity index is 962. The molecule has 172 valence electrons. The summed E-state index contributed by atoms with van der Waals surface area (Å²) in [6, 6.07) is 14.3. The first kappa shape index (κ1) is 24.8. The van der Waals surface area contributed by atoms with Crippen molar-refractivity contribution in [2.75, 3.05) is 0 Å². The molecule has 0 saturated carbocycles. The summed E-state index contributed by atoms with van der Waals surface area (Å²) in [6.07, 6.45) is 10.6. The Morgan fingerprint density at radius 2 is 1.50 bits per heavy atom. The van der Waals surface area contributed by atoms with Crippen molar-refractivity contribution in [2.45, 2.75) is 79.2 Å². The van der Waals surface area contributed by atoms with Gasteiger partial charge in [0.15, 0.2) is 0 Å². The van der Waals surface area contributed by atoms with E-state index in [0.29, 0.717) is 12.2 Å². The van der Waals surface area contributed by atoms with Gasteiger partial charge in [-0.1, -0.05) is 0 Å². The first-order valence-electron chi connectivity index (χ1n) is 12.3. The number of rotatable bonds is 13. The number of hydrogen-bond acceptors (Lipinski definition) is 3. The van der Waals surface area contributed by atoms with Crippen LogP contribution < -0.4 is 0 Å². The number of carbonyl (C=O) groups excluding carboxylic acids is 1. The molecule has 0 bridgehead atoms. The van der Waals surface area contributed by atoms with E-state index in [4.69, 9.17) is 3.07 Å². The van der Waals surface area contributed by atoms with Crippen molar-refractivity contribution >= 4 is 35.7 Å². The van der Waals surface area contributed by atoms with Gasteiger partial charge in [0, 0.05) is 0 Å². The van der Waals surface area contributed by atoms with Crippen LogP contribution in [-0.4, -0.2) is 34.3 Å². The van der Waals surface area contributed by atoms with Gasteiger partial charge in [0.05, 0.1) is 0 Å². The zero-order chi connectivity index (χ0) is 22.8. The van der Waals surface area contributed by atoms with E-state index in [2.05, 4.69) is 42.5 Å². The van der Waals surface area contributed by atoms with E-state index in [-0.39, 0.29) is 5.97 Å². The number of aromatic nitrogens is 2. The van der Waals surface area contributed by atoms with Crippen LogP contribution in [0, 0.1) is 0 Å². The zero-order valence-corrected chi connectivity index (χ0v) is 22.8. The van der Waals surface area contributed by atoms with Crippen LogP contribution in [0.2, 0.25) is 13.3 Å². The van der Waals surface area contributed by atoms with Crippen LogP contribution in [0.15, 0.2) is 54.9 Å². The van der Waals surface area contributed by atoms with E-state index < -0.39 is 18.8 Å². The molecule has 0 aliphatic heterocycles. The Morgan fingerprint density at radius 1 is 0.906 bits per heavy atom. The second kappa shape index (κ2) is 12.4. The molecule has 0 fully saturated rings. The SMILES string of the molecule is CCC[CH2][Sn]([CH2]CCC)([CH2]CCC)[O]C(=O)c1cc2ccccc2n1Cc1ccncc1. The fourth-order valence-electron chi connectivity index (χ4n) is 4.49. The quantitative estimate of drug-likeness (QED) is 0.210. The van der Waals surface area contributed by atoms with Gasteiger partial charge in [-0.05, 0) is 0 Å². The van der Waals surface area contributed by atoms with Gasteiger partial charge in [-0.15, -0.1) is 0 Å². The Morgan fingerprint density at radius 3 is 2.09 bits per heavy atom. The van der Waals surface area contributed by atoms with Crippen molar-refractivity contribution in [3.05, 3.63) is 66.1 Å². The maximum absolute atomic E-state index is 13.7. The van der Waals surface area contributed by atoms with Crippen molar-refractivity contribution in [3.8, 4) is 0 Å². The van der Waals surface area contributed by atoms with Crippen molar-refractivity contribution < 1.29 is 7.87 Å². The molecule has 0 unspecified atom stereocenters. The Balaban J connectivity index is 1.96. The molecule has 0 amide bonds. The standard InChI is InChI=1S/C15H12N2O2.3C4H9.Sn/c18-15(19)14-9-12-3-1-2-4-13(12)17(14)10-11-5-7-16-8-6-11;3*1-3-4-2;/h1-9H,10H2,(H,18,19);3*1,3-4H2,2H3;/q;;;;+1/p-1. The van der Waals surface area contributed by atoms with Crippen LogP contribution in [0.3, 0.4) is 0 Å². The number of fused-ring (bicyclic) bond motifs is 1. The molecule has 0 aliphatic carbocycles. The van der Waals surface area contributed by atoms with Crippen molar-refractivity contribution in [1.82, 2.24) is 9.55 Å². The number of unbranched alkanes of at least 4 members (excludes halogenated alkanes) is 3. The van der Waals surface area contributed by atoms with Gasteiger partial charge in [0.2, 0.25) is 0 Å². The fraction of sp³-hybridized carbons (Fsp3) is 0.481. The normalized spacial score (nSPS) is 11.7. The monoisotopic (exact) mass is 542 g/mol. The number of para-hydroxylation sites is 1. The molecule has 3 rings (SSSR count). The van der Waals surface area contributed by atoms with Crippen LogP contribution in [0.5, 0.6) is 0 Å². The van der Waals surface area contributed by atoms with Gasteiger partial charge in [-0.3, -0.25) is 0 Å². The number of carbonyl (C=O) groups is 1. The third kappa shape index (κ3) is 6.37. The molecule has 0 atom stereocenters. The summed E-state index contributed by atoms with van der Waals surface area (Å²) in [5.74, 6) is -0.102. The maximum atomic E-state index is 13.7. The summed E-state index contributed by atoms with van der Waals surface area (Å²) < 4.78 is 12.3. The molecular formula is C27H38N2O2Sn. The van der Waals surface area contributed by atoms with E-state index in [9.17, 15) is 4.79 Å². The molecule has 0 radical (unpaired) electrons. The van der Waals surface area contributed by atoms with Gasteiger partial charge in [-0.2, -0.15) is 0 Å². The summed E-state index contributed by atoms with van der Waals surface area (Å²) in [4.78, 5) is 17.9. The molecule has 0 saturated heterocycles. The van der Waals surface area contributed by atoms with E-state index in [1.807, 2.05) is 30.3 Å². The molecule has 32 heavy (non-hydrogen) atoms. The average molecular weight is 541 g/mol. The Kier molecular flexibility index (Phi) is 9.64. The van der Waals surface area contributed by atoms with Crippen molar-refractivity contribution in [1.29, 1.82) is 0 Å². The molecule has 2 aromatic heterocycles. The van der Waals surface area contributed by atoms with Crippen LogP contribution >= 0.6 is 0 Å². The molecule has 0 spiro atoms. The van der Waals surface area contributed by atoms with Crippen LogP contribution in [0.4, 0.5) is 0 Å². The first-order valence-corrected chi connectivity index (χ1v) is 19.5. The number of pyridine rings is 1. The van der Waals surface area contributed by atoms with E-state index in [0.717, 1.165) is 49.0 Å². The van der Waals surface area contributed by atoms with E-state index in [1.165, 1.54) is 19.3 Å². The predicted molar refractivity (Wildman–Crippen MR) is 136 cm³/mol. The molecular weight excluding hydrogens is 503 g/mol. The first-order chi connectivity index (χ1) is 15.6. The molecule has 1 aromatic carbocycles. The summed E-state index contributed by atoms with van der Waals surface area (Å²) in [5.41, 5.74) is 2.90. The minimum atomic E-state index is -3.05. The molecule has 4 nitrogen and oxygen atoms in total. The van der Waals surface area contributed by atoms with Gasteiger partial charge >= 0.3 is 198 Å². The molecule has 0 N–H and O–H groups in total. The number of hydrogen-bond donors (Lipinski definition) is 0. The van der Waals surface area contributed by atoms with Gasteiger partial charge in [-0.25, -0.2) is 0 Å². The van der Waals surface area contributed by atoms with Crippen molar-refractivity contribution in [3.63, 3.8) is 0 Å². The van der Waals surface area contributed by atoms with Crippen LogP contribution in [0.25, 0.3) is 10.9 Å². The molecule has 2 heterocycles. The number of nitrogens with zero attached hydrogens (tertiary/aromatic N) is 2. The van der Waals surface area contributed by atoms with Crippen LogP contribution in [-0.2, 0) is 9.62 Å². The topological polar surface area (TPSA) is 44.1 Å². The van der Waals surface area contributed by atoms with E-state index >= 15 is 0 Å². The average Bonchev–Trinajstić information content (AvgIpc) is 3.19. The summed E-state index contributed by atoms with van der Waals surface area (Å²) in [6.45, 7) is 7.36. The summed E-state index contributed by atoms with van der Waals surface area (Å²) in [7, 11) is 0. The predicted octanol–water partition coefficient (Wildman–Crippen LogP) is 7.59. The Hall–Kier alpha value is -1.82. The zero-order valence-electron chi connectivity index (χ0n) is 20.0. The van der Waals surface area contributed by atoms with E-state index in [1.54, 1.807) is 12.4 Å². The Labute approximate surface area is 197 Å².